The summed E-state index contributed by atoms with van der Waals surface area (Å²) in [7, 11) is 1.70. The second-order valence-electron chi connectivity index (χ2n) is 5.83. The van der Waals surface area contributed by atoms with Gasteiger partial charge in [0.1, 0.15) is 10.8 Å². The van der Waals surface area contributed by atoms with E-state index in [1.165, 1.54) is 22.5 Å². The van der Waals surface area contributed by atoms with Crippen LogP contribution in [0.25, 0.3) is 10.2 Å². The zero-order valence-electron chi connectivity index (χ0n) is 12.7. The van der Waals surface area contributed by atoms with Crippen molar-refractivity contribution in [3.05, 3.63) is 23.2 Å². The molecule has 0 radical (unpaired) electrons. The summed E-state index contributed by atoms with van der Waals surface area (Å²) < 4.78 is 6.48. The Balaban J connectivity index is 1.80. The number of rotatable bonds is 4. The molecule has 114 valence electrons. The highest BCUT2D eigenvalue weighted by Crippen LogP contribution is 2.29. The molecule has 1 fully saturated rings. The van der Waals surface area contributed by atoms with Gasteiger partial charge in [-0.05, 0) is 43.5 Å². The molecule has 0 aliphatic carbocycles. The minimum Gasteiger partial charge on any atom is -0.497 e. The van der Waals surface area contributed by atoms with Crippen LogP contribution >= 0.6 is 11.3 Å². The van der Waals surface area contributed by atoms with Gasteiger partial charge < -0.3 is 10.5 Å². The van der Waals surface area contributed by atoms with Gasteiger partial charge in [0, 0.05) is 12.6 Å². The summed E-state index contributed by atoms with van der Waals surface area (Å²) in [4.78, 5) is 7.26. The normalized spacial score (nSPS) is 23.6. The number of thiazole rings is 1. The van der Waals surface area contributed by atoms with Gasteiger partial charge in [-0.1, -0.05) is 6.92 Å². The highest BCUT2D eigenvalue weighted by molar-refractivity contribution is 7.18. The maximum Gasteiger partial charge on any atom is 0.120 e. The van der Waals surface area contributed by atoms with Gasteiger partial charge in [0.2, 0.25) is 0 Å². The van der Waals surface area contributed by atoms with Crippen LogP contribution < -0.4 is 10.5 Å². The molecule has 1 aliphatic heterocycles. The summed E-state index contributed by atoms with van der Waals surface area (Å²) in [5.41, 5.74) is 7.04. The van der Waals surface area contributed by atoms with Gasteiger partial charge in [-0.15, -0.1) is 11.3 Å². The SMILES string of the molecule is COc1ccc2nc(CN3CCCC(C)C3CN)sc2c1. The smallest absolute Gasteiger partial charge is 0.120 e. The molecule has 2 unspecified atom stereocenters. The number of aromatic nitrogens is 1. The Labute approximate surface area is 129 Å². The average Bonchev–Trinajstić information content (AvgIpc) is 2.88. The van der Waals surface area contributed by atoms with E-state index in [2.05, 4.69) is 17.9 Å². The van der Waals surface area contributed by atoms with Crippen LogP contribution in [-0.2, 0) is 6.54 Å². The van der Waals surface area contributed by atoms with Crippen molar-refractivity contribution >= 4 is 21.6 Å². The fourth-order valence-electron chi connectivity index (χ4n) is 3.23. The molecule has 1 aromatic carbocycles. The maximum absolute atomic E-state index is 5.98. The van der Waals surface area contributed by atoms with Crippen LogP contribution in [0, 0.1) is 5.92 Å². The lowest BCUT2D eigenvalue weighted by Crippen LogP contribution is -2.47. The highest BCUT2D eigenvalue weighted by Gasteiger charge is 2.27. The third kappa shape index (κ3) is 3.05. The molecule has 0 bridgehead atoms. The lowest BCUT2D eigenvalue weighted by molar-refractivity contribution is 0.0990. The summed E-state index contributed by atoms with van der Waals surface area (Å²) in [6, 6.07) is 6.56. The van der Waals surface area contributed by atoms with E-state index in [4.69, 9.17) is 15.5 Å². The molecule has 0 spiro atoms. The monoisotopic (exact) mass is 305 g/mol. The van der Waals surface area contributed by atoms with E-state index in [1.54, 1.807) is 18.4 Å². The van der Waals surface area contributed by atoms with E-state index < -0.39 is 0 Å². The number of nitrogens with zero attached hydrogens (tertiary/aromatic N) is 2. The van der Waals surface area contributed by atoms with Crippen molar-refractivity contribution in [2.45, 2.75) is 32.4 Å². The fourth-order valence-corrected chi connectivity index (χ4v) is 4.25. The van der Waals surface area contributed by atoms with Crippen LogP contribution in [0.4, 0.5) is 0 Å². The summed E-state index contributed by atoms with van der Waals surface area (Å²) in [5.74, 6) is 1.57. The van der Waals surface area contributed by atoms with Crippen LogP contribution in [-0.4, -0.2) is 36.1 Å². The van der Waals surface area contributed by atoms with Crippen LogP contribution in [0.15, 0.2) is 18.2 Å². The lowest BCUT2D eigenvalue weighted by atomic mass is 9.91. The predicted octanol–water partition coefficient (Wildman–Crippen LogP) is 2.86. The summed E-state index contributed by atoms with van der Waals surface area (Å²) in [6.45, 7) is 5.09. The number of nitrogens with two attached hydrogens (primary N) is 1. The number of ether oxygens (including phenoxy) is 1. The van der Waals surface area contributed by atoms with Crippen molar-refractivity contribution in [1.82, 2.24) is 9.88 Å². The molecular formula is C16H23N3OS. The molecule has 2 atom stereocenters. The minimum absolute atomic E-state index is 0.486. The molecule has 5 heteroatoms. The van der Waals surface area contributed by atoms with Crippen molar-refractivity contribution in [2.75, 3.05) is 20.2 Å². The summed E-state index contributed by atoms with van der Waals surface area (Å²) in [6.07, 6.45) is 2.55. The van der Waals surface area contributed by atoms with Crippen molar-refractivity contribution in [3.63, 3.8) is 0 Å². The zero-order chi connectivity index (χ0) is 14.8. The van der Waals surface area contributed by atoms with Gasteiger partial charge in [0.25, 0.3) is 0 Å². The van der Waals surface area contributed by atoms with Crippen LogP contribution in [0.5, 0.6) is 5.75 Å². The first kappa shape index (κ1) is 14.8. The first-order valence-electron chi connectivity index (χ1n) is 7.59. The Kier molecular flexibility index (Phi) is 4.42. The van der Waals surface area contributed by atoms with Gasteiger partial charge >= 0.3 is 0 Å². The van der Waals surface area contributed by atoms with Gasteiger partial charge in [-0.25, -0.2) is 4.98 Å². The second kappa shape index (κ2) is 6.30. The van der Waals surface area contributed by atoms with Gasteiger partial charge in [-0.3, -0.25) is 4.90 Å². The van der Waals surface area contributed by atoms with E-state index in [9.17, 15) is 0 Å². The highest BCUT2D eigenvalue weighted by atomic mass is 32.1. The Morgan fingerprint density at radius 2 is 2.33 bits per heavy atom. The first-order chi connectivity index (χ1) is 10.2. The molecule has 2 N–H and O–H groups in total. The third-order valence-corrected chi connectivity index (χ3v) is 5.45. The van der Waals surface area contributed by atoms with Crippen LogP contribution in [0.3, 0.4) is 0 Å². The van der Waals surface area contributed by atoms with Crippen molar-refractivity contribution in [3.8, 4) is 5.75 Å². The number of piperidine rings is 1. The Morgan fingerprint density at radius 1 is 1.48 bits per heavy atom. The maximum atomic E-state index is 5.98. The van der Waals surface area contributed by atoms with Crippen molar-refractivity contribution < 1.29 is 4.74 Å². The van der Waals surface area contributed by atoms with Crippen LogP contribution in [0.2, 0.25) is 0 Å². The van der Waals surface area contributed by atoms with Crippen molar-refractivity contribution in [2.24, 2.45) is 11.7 Å². The van der Waals surface area contributed by atoms with Gasteiger partial charge in [0.15, 0.2) is 0 Å². The first-order valence-corrected chi connectivity index (χ1v) is 8.40. The Morgan fingerprint density at radius 3 is 3.10 bits per heavy atom. The van der Waals surface area contributed by atoms with Crippen LogP contribution in [0.1, 0.15) is 24.8 Å². The minimum atomic E-state index is 0.486. The molecule has 2 aromatic rings. The number of hydrogen-bond donors (Lipinski definition) is 1. The van der Waals surface area contributed by atoms with E-state index in [1.807, 2.05) is 12.1 Å². The van der Waals surface area contributed by atoms with E-state index in [0.717, 1.165) is 30.9 Å². The quantitative estimate of drug-likeness (QED) is 0.943. The third-order valence-electron chi connectivity index (χ3n) is 4.45. The number of likely N-dealkylation sites (tertiary alicyclic amines) is 1. The predicted molar refractivity (Wildman–Crippen MR) is 87.8 cm³/mol. The molecule has 2 heterocycles. The molecule has 0 amide bonds. The largest absolute Gasteiger partial charge is 0.497 e. The molecule has 4 nitrogen and oxygen atoms in total. The summed E-state index contributed by atoms with van der Waals surface area (Å²) >= 11 is 1.76. The molecule has 1 saturated heterocycles. The van der Waals surface area contributed by atoms with Gasteiger partial charge in [0.05, 0.1) is 23.9 Å². The molecule has 0 saturated carbocycles. The molecular weight excluding hydrogens is 282 g/mol. The molecule has 1 aliphatic rings. The van der Waals surface area contributed by atoms with E-state index in [0.29, 0.717) is 12.0 Å². The number of fused-ring (bicyclic) bond motifs is 1. The number of hydrogen-bond acceptors (Lipinski definition) is 5. The summed E-state index contributed by atoms with van der Waals surface area (Å²) in [5, 5.41) is 1.17. The lowest BCUT2D eigenvalue weighted by Gasteiger charge is -2.38. The number of benzene rings is 1. The van der Waals surface area contributed by atoms with Crippen molar-refractivity contribution in [1.29, 1.82) is 0 Å². The number of methoxy groups -OCH3 is 1. The molecule has 1 aromatic heterocycles. The average molecular weight is 305 g/mol. The Bertz CT molecular complexity index is 613. The standard InChI is InChI=1S/C16H23N3OS/c1-11-4-3-7-19(14(11)9-17)10-16-18-13-6-5-12(20-2)8-15(13)21-16/h5-6,8,11,14H,3-4,7,9-10,17H2,1-2H3. The topological polar surface area (TPSA) is 51.4 Å². The zero-order valence-corrected chi connectivity index (χ0v) is 13.5. The second-order valence-corrected chi connectivity index (χ2v) is 6.95. The molecule has 21 heavy (non-hydrogen) atoms. The van der Waals surface area contributed by atoms with Gasteiger partial charge in [-0.2, -0.15) is 0 Å². The fraction of sp³-hybridized carbons (Fsp3) is 0.562. The Hall–Kier alpha value is -1.17. The molecule has 3 rings (SSSR count). The van der Waals surface area contributed by atoms with E-state index >= 15 is 0 Å². The van der Waals surface area contributed by atoms with E-state index in [-0.39, 0.29) is 0 Å².